The fourth-order valence-electron chi connectivity index (χ4n) is 1.98. The molecule has 2 heterocycles. The summed E-state index contributed by atoms with van der Waals surface area (Å²) in [4.78, 5) is 25.5. The lowest BCUT2D eigenvalue weighted by atomic mass is 9.98. The van der Waals surface area contributed by atoms with Gasteiger partial charge in [0.15, 0.2) is 0 Å². The fraction of sp³-hybridized carbons (Fsp3) is 0.545. The van der Waals surface area contributed by atoms with Crippen LogP contribution in [0.25, 0.3) is 0 Å². The Labute approximate surface area is 99.4 Å². The van der Waals surface area contributed by atoms with Gasteiger partial charge in [-0.3, -0.25) is 14.7 Å². The Balaban J connectivity index is 2.10. The normalized spacial score (nSPS) is 18.9. The summed E-state index contributed by atoms with van der Waals surface area (Å²) in [5.41, 5.74) is -0.0215. The number of aromatic nitrogens is 2. The van der Waals surface area contributed by atoms with Crippen molar-refractivity contribution in [2.75, 3.05) is 13.1 Å². The molecule has 1 aromatic heterocycles. The van der Waals surface area contributed by atoms with Gasteiger partial charge in [0.05, 0.1) is 6.42 Å². The van der Waals surface area contributed by atoms with Crippen molar-refractivity contribution in [1.82, 2.24) is 20.4 Å². The first kappa shape index (κ1) is 11.6. The van der Waals surface area contributed by atoms with E-state index < -0.39 is 5.54 Å². The minimum Gasteiger partial charge on any atom is -0.352 e. The molecule has 2 rings (SSSR count). The van der Waals surface area contributed by atoms with E-state index in [1.165, 1.54) is 0 Å². The maximum absolute atomic E-state index is 12.1. The van der Waals surface area contributed by atoms with E-state index in [0.717, 1.165) is 5.69 Å². The average Bonchev–Trinajstić information content (AvgIpc) is 2.74. The second-order valence-electron chi connectivity index (χ2n) is 4.62. The molecule has 0 spiro atoms. The van der Waals surface area contributed by atoms with Crippen LogP contribution in [0.3, 0.4) is 0 Å². The molecule has 17 heavy (non-hydrogen) atoms. The quantitative estimate of drug-likeness (QED) is 0.739. The van der Waals surface area contributed by atoms with Crippen molar-refractivity contribution in [2.24, 2.45) is 0 Å². The lowest BCUT2D eigenvalue weighted by Gasteiger charge is -2.41. The second kappa shape index (κ2) is 4.20. The molecular formula is C11H16N4O2. The Kier molecular flexibility index (Phi) is 2.87. The number of nitrogens with zero attached hydrogens (tertiary/aromatic N) is 2. The summed E-state index contributed by atoms with van der Waals surface area (Å²) >= 11 is 0. The van der Waals surface area contributed by atoms with E-state index in [1.54, 1.807) is 31.0 Å². The molecule has 1 aliphatic heterocycles. The highest BCUT2D eigenvalue weighted by molar-refractivity contribution is 5.92. The van der Waals surface area contributed by atoms with Crippen LogP contribution >= 0.6 is 0 Å². The third-order valence-corrected chi connectivity index (χ3v) is 3.05. The van der Waals surface area contributed by atoms with Gasteiger partial charge in [-0.25, -0.2) is 0 Å². The summed E-state index contributed by atoms with van der Waals surface area (Å²) in [6, 6.07) is 1.76. The van der Waals surface area contributed by atoms with Crippen LogP contribution in [0.1, 0.15) is 19.5 Å². The van der Waals surface area contributed by atoms with Crippen molar-refractivity contribution >= 4 is 11.8 Å². The van der Waals surface area contributed by atoms with Gasteiger partial charge in [0.2, 0.25) is 11.8 Å². The molecule has 0 atom stereocenters. The van der Waals surface area contributed by atoms with E-state index in [4.69, 9.17) is 0 Å². The van der Waals surface area contributed by atoms with E-state index in [0.29, 0.717) is 13.1 Å². The first-order chi connectivity index (χ1) is 8.01. The SMILES string of the molecule is CC1(C)C(=O)NCCN1C(=O)Cc1ccn[nH]1. The summed E-state index contributed by atoms with van der Waals surface area (Å²) < 4.78 is 0. The number of aromatic amines is 1. The monoisotopic (exact) mass is 236 g/mol. The molecule has 1 saturated heterocycles. The molecule has 92 valence electrons. The fourth-order valence-corrected chi connectivity index (χ4v) is 1.98. The van der Waals surface area contributed by atoms with Crippen LogP contribution in [0, 0.1) is 0 Å². The summed E-state index contributed by atoms with van der Waals surface area (Å²) in [6.07, 6.45) is 1.85. The number of rotatable bonds is 2. The molecule has 1 aromatic rings. The number of hydrogen-bond acceptors (Lipinski definition) is 3. The zero-order valence-electron chi connectivity index (χ0n) is 9.99. The number of H-pyrrole nitrogens is 1. The Bertz CT molecular complexity index is 425. The van der Waals surface area contributed by atoms with E-state index in [2.05, 4.69) is 15.5 Å². The van der Waals surface area contributed by atoms with Crippen molar-refractivity contribution in [3.8, 4) is 0 Å². The van der Waals surface area contributed by atoms with Crippen molar-refractivity contribution < 1.29 is 9.59 Å². The Morgan fingerprint density at radius 3 is 3.00 bits per heavy atom. The van der Waals surface area contributed by atoms with Gasteiger partial charge in [-0.2, -0.15) is 5.10 Å². The molecule has 0 unspecified atom stereocenters. The van der Waals surface area contributed by atoms with Crippen molar-refractivity contribution in [2.45, 2.75) is 25.8 Å². The molecule has 2 N–H and O–H groups in total. The van der Waals surface area contributed by atoms with Gasteiger partial charge in [-0.05, 0) is 19.9 Å². The van der Waals surface area contributed by atoms with E-state index >= 15 is 0 Å². The zero-order chi connectivity index (χ0) is 12.5. The van der Waals surface area contributed by atoms with Crippen LogP contribution in [0.4, 0.5) is 0 Å². The Morgan fingerprint density at radius 1 is 1.59 bits per heavy atom. The lowest BCUT2D eigenvalue weighted by molar-refractivity contribution is -0.148. The first-order valence-electron chi connectivity index (χ1n) is 5.59. The lowest BCUT2D eigenvalue weighted by Crippen LogP contribution is -2.63. The number of carbonyl (C=O) groups is 2. The molecule has 0 saturated carbocycles. The predicted molar refractivity (Wildman–Crippen MR) is 61.1 cm³/mol. The molecule has 6 nitrogen and oxygen atoms in total. The minimum atomic E-state index is -0.782. The second-order valence-corrected chi connectivity index (χ2v) is 4.62. The number of hydrogen-bond donors (Lipinski definition) is 2. The molecule has 0 aromatic carbocycles. The van der Waals surface area contributed by atoms with Crippen LogP contribution in [0.2, 0.25) is 0 Å². The molecule has 6 heteroatoms. The summed E-state index contributed by atoms with van der Waals surface area (Å²) in [5.74, 6) is -0.171. The maximum atomic E-state index is 12.1. The van der Waals surface area contributed by atoms with E-state index in [-0.39, 0.29) is 18.2 Å². The number of amides is 2. The van der Waals surface area contributed by atoms with Gasteiger partial charge >= 0.3 is 0 Å². The number of nitrogens with one attached hydrogen (secondary N) is 2. The predicted octanol–water partition coefficient (Wildman–Crippen LogP) is -0.311. The maximum Gasteiger partial charge on any atom is 0.245 e. The number of carbonyl (C=O) groups excluding carboxylic acids is 2. The topological polar surface area (TPSA) is 78.1 Å². The molecule has 0 aliphatic carbocycles. The van der Waals surface area contributed by atoms with Crippen LogP contribution in [0.15, 0.2) is 12.3 Å². The standard InChI is InChI=1S/C11H16N4O2/c1-11(2)10(17)12-5-6-15(11)9(16)7-8-3-4-13-14-8/h3-4H,5-7H2,1-2H3,(H,12,17)(H,13,14). The highest BCUT2D eigenvalue weighted by atomic mass is 16.2. The van der Waals surface area contributed by atoms with Crippen molar-refractivity contribution in [3.05, 3.63) is 18.0 Å². The zero-order valence-corrected chi connectivity index (χ0v) is 9.99. The van der Waals surface area contributed by atoms with E-state index in [1.807, 2.05) is 0 Å². The third kappa shape index (κ3) is 2.15. The van der Waals surface area contributed by atoms with Crippen LogP contribution in [-0.4, -0.2) is 45.5 Å². The molecule has 0 bridgehead atoms. The molecule has 2 amide bonds. The highest BCUT2D eigenvalue weighted by Crippen LogP contribution is 2.18. The third-order valence-electron chi connectivity index (χ3n) is 3.05. The Morgan fingerprint density at radius 2 is 2.35 bits per heavy atom. The van der Waals surface area contributed by atoms with Crippen molar-refractivity contribution in [3.63, 3.8) is 0 Å². The summed E-state index contributed by atoms with van der Waals surface area (Å²) in [7, 11) is 0. The average molecular weight is 236 g/mol. The largest absolute Gasteiger partial charge is 0.352 e. The molecule has 0 radical (unpaired) electrons. The van der Waals surface area contributed by atoms with Gasteiger partial charge in [0, 0.05) is 25.0 Å². The van der Waals surface area contributed by atoms with Crippen LogP contribution in [-0.2, 0) is 16.0 Å². The van der Waals surface area contributed by atoms with Crippen molar-refractivity contribution in [1.29, 1.82) is 0 Å². The molecule has 1 fully saturated rings. The van der Waals surface area contributed by atoms with Gasteiger partial charge in [-0.15, -0.1) is 0 Å². The summed E-state index contributed by atoms with van der Waals surface area (Å²) in [6.45, 7) is 4.57. The smallest absolute Gasteiger partial charge is 0.245 e. The van der Waals surface area contributed by atoms with Crippen LogP contribution in [0.5, 0.6) is 0 Å². The minimum absolute atomic E-state index is 0.0610. The Hall–Kier alpha value is -1.85. The number of piperazine rings is 1. The van der Waals surface area contributed by atoms with Gasteiger partial charge in [-0.1, -0.05) is 0 Å². The van der Waals surface area contributed by atoms with E-state index in [9.17, 15) is 9.59 Å². The first-order valence-corrected chi connectivity index (χ1v) is 5.59. The van der Waals surface area contributed by atoms with Gasteiger partial charge in [0.1, 0.15) is 5.54 Å². The van der Waals surface area contributed by atoms with Gasteiger partial charge in [0.25, 0.3) is 0 Å². The molecule has 1 aliphatic rings. The van der Waals surface area contributed by atoms with Crippen LogP contribution < -0.4 is 5.32 Å². The van der Waals surface area contributed by atoms with Gasteiger partial charge < -0.3 is 10.2 Å². The molecular weight excluding hydrogens is 220 g/mol. The highest BCUT2D eigenvalue weighted by Gasteiger charge is 2.40. The summed E-state index contributed by atoms with van der Waals surface area (Å²) in [5, 5.41) is 9.31.